The summed E-state index contributed by atoms with van der Waals surface area (Å²) >= 11 is 0. The van der Waals surface area contributed by atoms with Gasteiger partial charge in [-0.05, 0) is 49.4 Å². The molecule has 0 heterocycles. The fraction of sp³-hybridized carbons (Fsp3) is 1.00. The molecule has 0 spiro atoms. The molecule has 0 saturated heterocycles. The van der Waals surface area contributed by atoms with Crippen LogP contribution < -0.4 is 0 Å². The Balaban J connectivity index is 4.43. The summed E-state index contributed by atoms with van der Waals surface area (Å²) in [5, 5.41) is 0. The van der Waals surface area contributed by atoms with Gasteiger partial charge in [-0.2, -0.15) is 0 Å². The molecule has 0 amide bonds. The maximum Gasteiger partial charge on any atom is 0.0701 e. The van der Waals surface area contributed by atoms with Crippen molar-refractivity contribution in [3.05, 3.63) is 0 Å². The SMILES string of the molecule is CCCCC(CC)CN(CCOCCOCCOCCN(CC(CC)CCCC)CC(CC)CCCC)CC(CC)CCCC. The summed E-state index contributed by atoms with van der Waals surface area (Å²) in [5.74, 6) is 3.25. The molecule has 0 aromatic carbocycles. The second-order valence-electron chi connectivity index (χ2n) is 14.0. The Labute approximate surface area is 284 Å². The molecule has 0 bridgehead atoms. The highest BCUT2D eigenvalue weighted by Gasteiger charge is 2.18. The van der Waals surface area contributed by atoms with Crippen LogP contribution in [0.3, 0.4) is 0 Å². The van der Waals surface area contributed by atoms with Gasteiger partial charge in [0.05, 0.1) is 39.6 Å². The van der Waals surface area contributed by atoms with Crippen molar-refractivity contribution < 1.29 is 14.2 Å². The van der Waals surface area contributed by atoms with E-state index in [9.17, 15) is 0 Å². The van der Waals surface area contributed by atoms with Crippen LogP contribution in [0.4, 0.5) is 0 Å². The van der Waals surface area contributed by atoms with Gasteiger partial charge in [0.15, 0.2) is 0 Å². The van der Waals surface area contributed by atoms with E-state index >= 15 is 0 Å². The Morgan fingerprint density at radius 2 is 0.600 bits per heavy atom. The van der Waals surface area contributed by atoms with Gasteiger partial charge in [-0.1, -0.05) is 132 Å². The van der Waals surface area contributed by atoms with Crippen molar-refractivity contribution in [1.82, 2.24) is 9.80 Å². The van der Waals surface area contributed by atoms with Crippen LogP contribution in [0.5, 0.6) is 0 Å². The summed E-state index contributed by atoms with van der Waals surface area (Å²) in [5.41, 5.74) is 0. The summed E-state index contributed by atoms with van der Waals surface area (Å²) < 4.78 is 18.0. The second-order valence-corrected chi connectivity index (χ2v) is 14.0. The van der Waals surface area contributed by atoms with Crippen molar-refractivity contribution in [2.24, 2.45) is 23.7 Å². The molecule has 0 rings (SSSR count). The summed E-state index contributed by atoms with van der Waals surface area (Å²) in [6, 6.07) is 0. The molecule has 0 radical (unpaired) electrons. The molecule has 5 heteroatoms. The van der Waals surface area contributed by atoms with Gasteiger partial charge in [0.1, 0.15) is 0 Å². The zero-order valence-corrected chi connectivity index (χ0v) is 32.2. The lowest BCUT2D eigenvalue weighted by molar-refractivity contribution is 0.00429. The van der Waals surface area contributed by atoms with E-state index in [-0.39, 0.29) is 0 Å². The largest absolute Gasteiger partial charge is 0.378 e. The van der Waals surface area contributed by atoms with Gasteiger partial charge in [0.2, 0.25) is 0 Å². The first-order chi connectivity index (χ1) is 22.0. The number of hydrogen-bond acceptors (Lipinski definition) is 5. The van der Waals surface area contributed by atoms with Crippen LogP contribution in [0, 0.1) is 23.7 Å². The van der Waals surface area contributed by atoms with Crippen LogP contribution in [0.2, 0.25) is 0 Å². The van der Waals surface area contributed by atoms with Crippen molar-refractivity contribution in [1.29, 1.82) is 0 Å². The Morgan fingerprint density at radius 1 is 0.356 bits per heavy atom. The fourth-order valence-electron chi connectivity index (χ4n) is 6.57. The summed E-state index contributed by atoms with van der Waals surface area (Å²) in [4.78, 5) is 5.43. The van der Waals surface area contributed by atoms with Gasteiger partial charge in [-0.15, -0.1) is 0 Å². The lowest BCUT2D eigenvalue weighted by atomic mass is 9.96. The molecule has 272 valence electrons. The molecular weight excluding hydrogens is 556 g/mol. The molecule has 0 N–H and O–H groups in total. The summed E-state index contributed by atoms with van der Waals surface area (Å²) in [6.45, 7) is 30.0. The topological polar surface area (TPSA) is 34.2 Å². The van der Waals surface area contributed by atoms with Crippen molar-refractivity contribution >= 4 is 0 Å². The van der Waals surface area contributed by atoms with E-state index in [0.29, 0.717) is 26.4 Å². The van der Waals surface area contributed by atoms with E-state index in [1.165, 1.54) is 129 Å². The Kier molecular flexibility index (Phi) is 33.5. The van der Waals surface area contributed by atoms with Crippen molar-refractivity contribution in [2.45, 2.75) is 158 Å². The van der Waals surface area contributed by atoms with Crippen LogP contribution in [-0.2, 0) is 14.2 Å². The molecule has 0 aromatic rings. The van der Waals surface area contributed by atoms with Crippen LogP contribution in [0.1, 0.15) is 158 Å². The minimum Gasteiger partial charge on any atom is -0.378 e. The van der Waals surface area contributed by atoms with Gasteiger partial charge >= 0.3 is 0 Å². The molecule has 0 aliphatic heterocycles. The van der Waals surface area contributed by atoms with E-state index < -0.39 is 0 Å². The van der Waals surface area contributed by atoms with Crippen LogP contribution in [0.25, 0.3) is 0 Å². The Hall–Kier alpha value is -0.200. The number of unbranched alkanes of at least 4 members (excludes halogenated alkanes) is 4. The summed E-state index contributed by atoms with van der Waals surface area (Å²) in [6.07, 6.45) is 21.2. The lowest BCUT2D eigenvalue weighted by Crippen LogP contribution is -2.36. The molecule has 0 aliphatic rings. The highest BCUT2D eigenvalue weighted by Crippen LogP contribution is 2.20. The Morgan fingerprint density at radius 3 is 0.822 bits per heavy atom. The predicted octanol–water partition coefficient (Wildman–Crippen LogP) is 10.5. The van der Waals surface area contributed by atoms with Gasteiger partial charge < -0.3 is 24.0 Å². The molecule has 5 nitrogen and oxygen atoms in total. The van der Waals surface area contributed by atoms with E-state index in [1.54, 1.807) is 0 Å². The summed E-state index contributed by atoms with van der Waals surface area (Å²) in [7, 11) is 0. The first-order valence-corrected chi connectivity index (χ1v) is 20.2. The average Bonchev–Trinajstić information content (AvgIpc) is 3.06. The van der Waals surface area contributed by atoms with E-state index in [2.05, 4.69) is 65.2 Å². The third-order valence-electron chi connectivity index (χ3n) is 10.1. The predicted molar refractivity (Wildman–Crippen MR) is 199 cm³/mol. The lowest BCUT2D eigenvalue weighted by Gasteiger charge is -2.30. The van der Waals surface area contributed by atoms with Crippen molar-refractivity contribution in [3.8, 4) is 0 Å². The molecule has 0 aromatic heterocycles. The number of ether oxygens (including phenoxy) is 3. The standard InChI is InChI=1S/C40H84N2O3/c1-9-17-21-37(13-5)33-41(34-38(14-6)22-18-10-2)25-27-43-29-31-45-32-30-44-28-26-42(35-39(15-7)23-19-11-3)36-40(16-8)24-20-12-4/h37-40H,9-36H2,1-8H3. The molecule has 4 unspecified atom stereocenters. The maximum absolute atomic E-state index is 6.05. The molecule has 0 aliphatic carbocycles. The molecule has 4 atom stereocenters. The monoisotopic (exact) mass is 641 g/mol. The van der Waals surface area contributed by atoms with Gasteiger partial charge in [0, 0.05) is 39.3 Å². The van der Waals surface area contributed by atoms with E-state index in [0.717, 1.165) is 50.0 Å². The smallest absolute Gasteiger partial charge is 0.0701 e. The van der Waals surface area contributed by atoms with E-state index in [4.69, 9.17) is 14.2 Å². The molecule has 45 heavy (non-hydrogen) atoms. The third-order valence-corrected chi connectivity index (χ3v) is 10.1. The Bertz CT molecular complexity index is 494. The minimum atomic E-state index is 0.656. The van der Waals surface area contributed by atoms with Gasteiger partial charge in [-0.3, -0.25) is 0 Å². The van der Waals surface area contributed by atoms with Crippen molar-refractivity contribution in [3.63, 3.8) is 0 Å². The average molecular weight is 641 g/mol. The van der Waals surface area contributed by atoms with Gasteiger partial charge in [-0.25, -0.2) is 0 Å². The zero-order chi connectivity index (χ0) is 33.4. The van der Waals surface area contributed by atoms with Crippen molar-refractivity contribution in [2.75, 3.05) is 78.9 Å². The maximum atomic E-state index is 6.05. The third kappa shape index (κ3) is 26.4. The highest BCUT2D eigenvalue weighted by atomic mass is 16.5. The first-order valence-electron chi connectivity index (χ1n) is 20.2. The normalized spacial score (nSPS) is 14.8. The molecule has 0 fully saturated rings. The molecular formula is C40H84N2O3. The van der Waals surface area contributed by atoms with Gasteiger partial charge in [0.25, 0.3) is 0 Å². The molecule has 0 saturated carbocycles. The highest BCUT2D eigenvalue weighted by molar-refractivity contribution is 4.71. The zero-order valence-electron chi connectivity index (χ0n) is 32.2. The number of hydrogen-bond donors (Lipinski definition) is 0. The number of nitrogens with zero attached hydrogens (tertiary/aromatic N) is 2. The van der Waals surface area contributed by atoms with Crippen LogP contribution >= 0.6 is 0 Å². The van der Waals surface area contributed by atoms with Crippen LogP contribution in [0.15, 0.2) is 0 Å². The van der Waals surface area contributed by atoms with Crippen LogP contribution in [-0.4, -0.2) is 88.7 Å². The van der Waals surface area contributed by atoms with E-state index in [1.807, 2.05) is 0 Å². The number of rotatable bonds is 36. The first kappa shape index (κ1) is 44.8. The quantitative estimate of drug-likeness (QED) is 0.0637. The minimum absolute atomic E-state index is 0.656. The fourth-order valence-corrected chi connectivity index (χ4v) is 6.57. The second kappa shape index (κ2) is 33.7.